The van der Waals surface area contributed by atoms with Crippen molar-refractivity contribution in [1.82, 2.24) is 14.3 Å². The van der Waals surface area contributed by atoms with Crippen LogP contribution in [0.1, 0.15) is 17.5 Å². The number of aliphatic hydroxyl groups is 1. The predicted molar refractivity (Wildman–Crippen MR) is 127 cm³/mol. The van der Waals surface area contributed by atoms with E-state index in [1.807, 2.05) is 0 Å². The zero-order chi connectivity index (χ0) is 31.8. The van der Waals surface area contributed by atoms with E-state index in [1.54, 1.807) is 0 Å². The fourth-order valence-electron chi connectivity index (χ4n) is 4.01. The highest BCUT2D eigenvalue weighted by Gasteiger charge is 2.61. The highest BCUT2D eigenvalue weighted by Crippen LogP contribution is 2.45. The molecule has 0 fully saturated rings. The van der Waals surface area contributed by atoms with E-state index in [0.717, 1.165) is 0 Å². The summed E-state index contributed by atoms with van der Waals surface area (Å²) in [6, 6.07) is 6.45. The molecule has 3 rings (SSSR count). The fourth-order valence-corrected chi connectivity index (χ4v) is 4.14. The van der Waals surface area contributed by atoms with Gasteiger partial charge in [-0.15, -0.1) is 5.10 Å². The topological polar surface area (TPSA) is 120 Å². The van der Waals surface area contributed by atoms with Crippen molar-refractivity contribution in [2.75, 3.05) is 0 Å². The first-order valence-electron chi connectivity index (χ1n) is 11.4. The summed E-state index contributed by atoms with van der Waals surface area (Å²) in [5, 5.41) is 13.4. The van der Waals surface area contributed by atoms with Gasteiger partial charge in [-0.3, -0.25) is 14.2 Å². The second-order valence-corrected chi connectivity index (χ2v) is 9.44. The molecule has 1 unspecified atom stereocenters. The van der Waals surface area contributed by atoms with Crippen LogP contribution in [0, 0.1) is 0 Å². The van der Waals surface area contributed by atoms with Crippen LogP contribution >= 0.6 is 11.6 Å². The number of hydrogen-bond donors (Lipinski definition) is 2. The van der Waals surface area contributed by atoms with Gasteiger partial charge in [0.05, 0.1) is 12.1 Å². The number of nitrogens with zero attached hydrogens (tertiary/aromatic N) is 3. The van der Waals surface area contributed by atoms with E-state index in [4.69, 9.17) is 17.3 Å². The third-order valence-electron chi connectivity index (χ3n) is 6.13. The molecule has 42 heavy (non-hydrogen) atoms. The molecule has 8 nitrogen and oxygen atoms in total. The van der Waals surface area contributed by atoms with Gasteiger partial charge >= 0.3 is 24.2 Å². The van der Waals surface area contributed by atoms with Crippen LogP contribution in [-0.4, -0.2) is 49.6 Å². The van der Waals surface area contributed by atoms with Gasteiger partial charge in [0.15, 0.2) is 23.1 Å². The molecule has 2 aromatic carbocycles. The van der Waals surface area contributed by atoms with Gasteiger partial charge < -0.3 is 10.8 Å². The van der Waals surface area contributed by atoms with Crippen molar-refractivity contribution in [3.8, 4) is 11.4 Å². The Bertz CT molecular complexity index is 1530. The Morgan fingerprint density at radius 1 is 0.952 bits per heavy atom. The number of rotatable bonds is 9. The van der Waals surface area contributed by atoms with E-state index in [2.05, 4.69) is 5.10 Å². The van der Waals surface area contributed by atoms with E-state index in [9.17, 15) is 59.0 Å². The first kappa shape index (κ1) is 32.7. The predicted octanol–water partition coefficient (Wildman–Crippen LogP) is 4.25. The molecule has 3 N–H and O–H groups in total. The van der Waals surface area contributed by atoms with E-state index >= 15 is 0 Å². The normalized spacial score (nSPS) is 14.8. The molecule has 0 spiro atoms. The molecule has 18 heteroatoms. The monoisotopic (exact) mass is 632 g/mol. The van der Waals surface area contributed by atoms with Gasteiger partial charge in [-0.1, -0.05) is 29.8 Å². The molecular formula is C24H18ClF9N4O4. The summed E-state index contributed by atoms with van der Waals surface area (Å²) in [4.78, 5) is 38.0. The number of hydrogen-bond acceptors (Lipinski definition) is 5. The second-order valence-electron chi connectivity index (χ2n) is 9.00. The Morgan fingerprint density at radius 2 is 1.52 bits per heavy atom. The van der Waals surface area contributed by atoms with Gasteiger partial charge in [0.2, 0.25) is 5.91 Å². The summed E-state index contributed by atoms with van der Waals surface area (Å²) in [5.41, 5.74) is -3.36. The van der Waals surface area contributed by atoms with Crippen LogP contribution in [0.4, 0.5) is 39.5 Å². The number of nitrogens with two attached hydrogens (primary N) is 1. The number of aromatic nitrogens is 3. The van der Waals surface area contributed by atoms with Crippen molar-refractivity contribution in [2.45, 2.75) is 49.6 Å². The first-order valence-corrected chi connectivity index (χ1v) is 11.8. The summed E-state index contributed by atoms with van der Waals surface area (Å²) in [6.45, 7) is -2.79. The summed E-state index contributed by atoms with van der Waals surface area (Å²) < 4.78 is 122. The summed E-state index contributed by atoms with van der Waals surface area (Å²) in [7, 11) is 0. The smallest absolute Gasteiger partial charge is 0.382 e. The van der Waals surface area contributed by atoms with Crippen molar-refractivity contribution in [3.63, 3.8) is 0 Å². The largest absolute Gasteiger partial charge is 0.416 e. The number of benzene rings is 2. The van der Waals surface area contributed by atoms with Crippen LogP contribution in [0.15, 0.2) is 53.3 Å². The summed E-state index contributed by atoms with van der Waals surface area (Å²) in [5.74, 6) is -4.35. The molecule has 0 saturated carbocycles. The zero-order valence-electron chi connectivity index (χ0n) is 20.7. The maximum absolute atomic E-state index is 14.3. The highest BCUT2D eigenvalue weighted by molar-refractivity contribution is 6.30. The van der Waals surface area contributed by atoms with Crippen LogP contribution in [0.25, 0.3) is 11.4 Å². The maximum atomic E-state index is 14.3. The van der Waals surface area contributed by atoms with Crippen molar-refractivity contribution in [1.29, 1.82) is 0 Å². The Hall–Kier alpha value is -3.86. The van der Waals surface area contributed by atoms with Crippen LogP contribution in [-0.2, 0) is 34.3 Å². The number of amides is 1. The van der Waals surface area contributed by atoms with E-state index in [-0.39, 0.29) is 21.3 Å². The first-order chi connectivity index (χ1) is 19.2. The van der Waals surface area contributed by atoms with E-state index in [0.29, 0.717) is 22.8 Å². The van der Waals surface area contributed by atoms with Crippen molar-refractivity contribution < 1.29 is 54.2 Å². The van der Waals surface area contributed by atoms with Gasteiger partial charge in [0, 0.05) is 17.0 Å². The fraction of sp³-hybridized carbons (Fsp3) is 0.333. The molecule has 1 heterocycles. The highest BCUT2D eigenvalue weighted by atomic mass is 35.5. The molecule has 3 aromatic rings. The minimum atomic E-state index is -5.71. The average Bonchev–Trinajstić information content (AvgIpc) is 3.15. The summed E-state index contributed by atoms with van der Waals surface area (Å²) in [6.07, 6.45) is -21.0. The molecule has 0 aliphatic heterocycles. The number of carbonyl (C=O) groups excluding carboxylic acids is 2. The average molecular weight is 633 g/mol. The van der Waals surface area contributed by atoms with Gasteiger partial charge in [-0.05, 0) is 35.9 Å². The zero-order valence-corrected chi connectivity index (χ0v) is 21.4. The molecule has 1 aromatic heterocycles. The Balaban J connectivity index is 2.09. The number of primary amides is 1. The molecule has 0 aliphatic carbocycles. The minimum absolute atomic E-state index is 0.00356. The third kappa shape index (κ3) is 6.61. The lowest BCUT2D eigenvalue weighted by atomic mass is 9.74. The molecule has 2 atom stereocenters. The number of aliphatic hydroxyl groups excluding tert-OH is 1. The summed E-state index contributed by atoms with van der Waals surface area (Å²) >= 11 is 5.78. The minimum Gasteiger partial charge on any atom is -0.382 e. The van der Waals surface area contributed by atoms with Crippen molar-refractivity contribution in [3.05, 3.63) is 75.2 Å². The van der Waals surface area contributed by atoms with Gasteiger partial charge in [0.1, 0.15) is 6.54 Å². The number of halogens is 10. The molecule has 0 aliphatic rings. The number of Topliss-reactive ketones (excluding diaryl/α,β-unsaturated/α-hetero) is 1. The SMILES string of the molecule is NC(=O)C(CC(=O)Cn1nc(-c2ccc(Cl)cc2)n(C[C@H](O)C(F)(F)F)c1=O)(c1cccc(C(F)(F)F)c1)C(F)(F)F. The lowest BCUT2D eigenvalue weighted by Crippen LogP contribution is -2.54. The lowest BCUT2D eigenvalue weighted by Gasteiger charge is -2.33. The quantitative estimate of drug-likeness (QED) is 0.342. The van der Waals surface area contributed by atoms with Crippen LogP contribution < -0.4 is 11.4 Å². The van der Waals surface area contributed by atoms with E-state index in [1.165, 1.54) is 24.3 Å². The van der Waals surface area contributed by atoms with Crippen LogP contribution in [0.3, 0.4) is 0 Å². The third-order valence-corrected chi connectivity index (χ3v) is 6.39. The molecule has 0 radical (unpaired) electrons. The number of carbonyl (C=O) groups is 2. The van der Waals surface area contributed by atoms with Gasteiger partial charge in [0.25, 0.3) is 0 Å². The Morgan fingerprint density at radius 3 is 2.02 bits per heavy atom. The number of ketones is 1. The van der Waals surface area contributed by atoms with Crippen molar-refractivity contribution in [2.24, 2.45) is 5.73 Å². The standard InChI is InChI=1S/C24H18ClF9N4O4/c25-15-6-4-12(5-7-15)18-36-38(20(42)37(18)11-17(40)23(29,30)31)10-16(39)9-21(19(35)41,24(32,33)34)13-2-1-3-14(8-13)22(26,27)28/h1-8,17,40H,9-11H2,(H2,35,41)/t17-,21?/m0/s1. The molecule has 228 valence electrons. The van der Waals surface area contributed by atoms with E-state index < -0.39 is 83.9 Å². The van der Waals surface area contributed by atoms with Crippen LogP contribution in [0.2, 0.25) is 5.02 Å². The van der Waals surface area contributed by atoms with Gasteiger partial charge in [-0.25, -0.2) is 9.48 Å². The number of alkyl halides is 9. The molecular weight excluding hydrogens is 615 g/mol. The lowest BCUT2D eigenvalue weighted by molar-refractivity contribution is -0.207. The maximum Gasteiger partial charge on any atom is 0.416 e. The van der Waals surface area contributed by atoms with Crippen molar-refractivity contribution >= 4 is 23.3 Å². The Kier molecular flexibility index (Phi) is 8.89. The molecule has 1 amide bonds. The van der Waals surface area contributed by atoms with Crippen LogP contribution in [0.5, 0.6) is 0 Å². The molecule has 0 saturated heterocycles. The Labute approximate surface area is 234 Å². The second kappa shape index (κ2) is 11.4. The molecule has 0 bridgehead atoms. The van der Waals surface area contributed by atoms with Gasteiger partial charge in [-0.2, -0.15) is 39.5 Å².